The Balaban J connectivity index is 2.22. The molecule has 1 amide bonds. The summed E-state index contributed by atoms with van der Waals surface area (Å²) in [4.78, 5) is 14.7. The second kappa shape index (κ2) is 5.49. The molecule has 0 fully saturated rings. The summed E-state index contributed by atoms with van der Waals surface area (Å²) in [6.07, 6.45) is -1.62. The van der Waals surface area contributed by atoms with Crippen LogP contribution < -0.4 is 5.73 Å². The van der Waals surface area contributed by atoms with Crippen molar-refractivity contribution < 1.29 is 19.2 Å². The van der Waals surface area contributed by atoms with Crippen LogP contribution in [0.1, 0.15) is 24.5 Å². The average molecular weight is 263 g/mol. The molecule has 7 nitrogen and oxygen atoms in total. The monoisotopic (exact) mass is 263 g/mol. The fourth-order valence-corrected chi connectivity index (χ4v) is 1.55. The van der Waals surface area contributed by atoms with Crippen molar-refractivity contribution in [2.45, 2.75) is 19.6 Å². The third kappa shape index (κ3) is 3.08. The zero-order valence-corrected chi connectivity index (χ0v) is 10.2. The summed E-state index contributed by atoms with van der Waals surface area (Å²) in [5.74, 6) is 0.508. The first-order valence-corrected chi connectivity index (χ1v) is 5.60. The minimum absolute atomic E-state index is 0.0697. The predicted octanol–water partition coefficient (Wildman–Crippen LogP) is 1.39. The number of nitrogens with zero attached hydrogens (tertiary/aromatic N) is 2. The van der Waals surface area contributed by atoms with Crippen molar-refractivity contribution in [3.63, 3.8) is 0 Å². The average Bonchev–Trinajstić information content (AvgIpc) is 2.88. The topological polar surface area (TPSA) is 111 Å². The summed E-state index contributed by atoms with van der Waals surface area (Å²) in [6.45, 7) is 1.51. The number of amides is 1. The normalized spacial score (nSPS) is 12.1. The Labute approximate surface area is 109 Å². The number of ether oxygens (including phenoxy) is 1. The Morgan fingerprint density at radius 1 is 1.58 bits per heavy atom. The van der Waals surface area contributed by atoms with Crippen LogP contribution in [-0.2, 0) is 11.3 Å². The standard InChI is InChI=1S/C12H13N3O4/c1-7(18-12(13)17)11-14-10(15-19-11)9-4-2-3-8(5-9)6-16/h2-5,7,16H,6H2,1H3,(H2,13,17). The Morgan fingerprint density at radius 2 is 2.37 bits per heavy atom. The van der Waals surface area contributed by atoms with E-state index < -0.39 is 12.2 Å². The Bertz CT molecular complexity index is 582. The molecule has 0 bridgehead atoms. The number of aromatic nitrogens is 2. The molecule has 0 spiro atoms. The van der Waals surface area contributed by atoms with Gasteiger partial charge >= 0.3 is 6.09 Å². The molecular formula is C12H13N3O4. The van der Waals surface area contributed by atoms with Crippen molar-refractivity contribution in [1.82, 2.24) is 10.1 Å². The number of aliphatic hydroxyl groups excluding tert-OH is 1. The van der Waals surface area contributed by atoms with E-state index in [1.807, 2.05) is 0 Å². The van der Waals surface area contributed by atoms with Crippen LogP contribution in [0.2, 0.25) is 0 Å². The highest BCUT2D eigenvalue weighted by atomic mass is 16.6. The van der Waals surface area contributed by atoms with Gasteiger partial charge in [-0.3, -0.25) is 0 Å². The molecule has 7 heteroatoms. The third-order valence-corrected chi connectivity index (χ3v) is 2.45. The van der Waals surface area contributed by atoms with E-state index in [4.69, 9.17) is 20.1 Å². The van der Waals surface area contributed by atoms with Crippen molar-refractivity contribution >= 4 is 6.09 Å². The molecule has 1 aromatic carbocycles. The molecule has 0 saturated heterocycles. The molecule has 0 aliphatic carbocycles. The molecule has 0 aliphatic rings. The highest BCUT2D eigenvalue weighted by molar-refractivity contribution is 5.64. The van der Waals surface area contributed by atoms with E-state index in [0.29, 0.717) is 11.4 Å². The third-order valence-electron chi connectivity index (χ3n) is 2.45. The zero-order chi connectivity index (χ0) is 13.8. The van der Waals surface area contributed by atoms with Crippen LogP contribution >= 0.6 is 0 Å². The van der Waals surface area contributed by atoms with E-state index in [0.717, 1.165) is 5.56 Å². The highest BCUT2D eigenvalue weighted by Gasteiger charge is 2.18. The SMILES string of the molecule is CC(OC(N)=O)c1nc(-c2cccc(CO)c2)no1. The predicted molar refractivity (Wildman–Crippen MR) is 64.7 cm³/mol. The number of hydrogen-bond donors (Lipinski definition) is 2. The number of nitrogens with two attached hydrogens (primary N) is 1. The van der Waals surface area contributed by atoms with Gasteiger partial charge in [0.05, 0.1) is 6.61 Å². The van der Waals surface area contributed by atoms with Gasteiger partial charge in [-0.1, -0.05) is 23.4 Å². The fourth-order valence-electron chi connectivity index (χ4n) is 1.55. The van der Waals surface area contributed by atoms with Gasteiger partial charge in [0.2, 0.25) is 5.82 Å². The lowest BCUT2D eigenvalue weighted by Crippen LogP contribution is -2.15. The summed E-state index contributed by atoms with van der Waals surface area (Å²) >= 11 is 0. The summed E-state index contributed by atoms with van der Waals surface area (Å²) in [5, 5.41) is 12.9. The van der Waals surface area contributed by atoms with Crippen LogP contribution in [0.5, 0.6) is 0 Å². The molecule has 2 aromatic rings. The van der Waals surface area contributed by atoms with Crippen molar-refractivity contribution in [3.05, 3.63) is 35.7 Å². The van der Waals surface area contributed by atoms with Gasteiger partial charge in [0, 0.05) is 5.56 Å². The lowest BCUT2D eigenvalue weighted by Gasteiger charge is -2.04. The van der Waals surface area contributed by atoms with Gasteiger partial charge in [-0.25, -0.2) is 4.79 Å². The van der Waals surface area contributed by atoms with Crippen LogP contribution in [0.4, 0.5) is 4.79 Å². The Morgan fingerprint density at radius 3 is 3.05 bits per heavy atom. The maximum atomic E-state index is 10.6. The van der Waals surface area contributed by atoms with Crippen LogP contribution in [0, 0.1) is 0 Å². The zero-order valence-electron chi connectivity index (χ0n) is 10.2. The van der Waals surface area contributed by atoms with Gasteiger partial charge < -0.3 is 20.1 Å². The van der Waals surface area contributed by atoms with Crippen LogP contribution in [0.25, 0.3) is 11.4 Å². The molecule has 100 valence electrons. The van der Waals surface area contributed by atoms with Crippen molar-refractivity contribution in [1.29, 1.82) is 0 Å². The molecule has 1 unspecified atom stereocenters. The first kappa shape index (κ1) is 13.0. The fraction of sp³-hybridized carbons (Fsp3) is 0.250. The van der Waals surface area contributed by atoms with Crippen LogP contribution in [0.15, 0.2) is 28.8 Å². The summed E-state index contributed by atoms with van der Waals surface area (Å²) in [6, 6.07) is 7.09. The number of hydrogen-bond acceptors (Lipinski definition) is 6. The van der Waals surface area contributed by atoms with E-state index in [-0.39, 0.29) is 12.5 Å². The molecule has 3 N–H and O–H groups in total. The quantitative estimate of drug-likeness (QED) is 0.862. The first-order chi connectivity index (χ1) is 9.10. The first-order valence-electron chi connectivity index (χ1n) is 5.60. The minimum Gasteiger partial charge on any atom is -0.437 e. The maximum Gasteiger partial charge on any atom is 0.405 e. The molecule has 0 radical (unpaired) electrons. The number of primary amides is 1. The second-order valence-electron chi connectivity index (χ2n) is 3.89. The van der Waals surface area contributed by atoms with E-state index >= 15 is 0 Å². The van der Waals surface area contributed by atoms with Crippen molar-refractivity contribution in [2.75, 3.05) is 0 Å². The molecule has 1 atom stereocenters. The maximum absolute atomic E-state index is 10.6. The molecule has 2 rings (SSSR count). The van der Waals surface area contributed by atoms with E-state index in [1.54, 1.807) is 31.2 Å². The number of rotatable bonds is 4. The van der Waals surface area contributed by atoms with Gasteiger partial charge in [0.25, 0.3) is 5.89 Å². The minimum atomic E-state index is -0.908. The Hall–Kier alpha value is -2.41. The van der Waals surface area contributed by atoms with E-state index in [1.165, 1.54) is 0 Å². The lowest BCUT2D eigenvalue weighted by molar-refractivity contribution is 0.0959. The van der Waals surface area contributed by atoms with Gasteiger partial charge in [-0.15, -0.1) is 0 Å². The van der Waals surface area contributed by atoms with Gasteiger partial charge in [0.1, 0.15) is 0 Å². The summed E-state index contributed by atoms with van der Waals surface area (Å²) < 4.78 is 9.73. The van der Waals surface area contributed by atoms with Crippen LogP contribution in [-0.4, -0.2) is 21.3 Å². The smallest absolute Gasteiger partial charge is 0.405 e. The van der Waals surface area contributed by atoms with E-state index in [9.17, 15) is 4.79 Å². The number of carbonyl (C=O) groups is 1. The number of benzene rings is 1. The van der Waals surface area contributed by atoms with Gasteiger partial charge in [-0.2, -0.15) is 4.98 Å². The van der Waals surface area contributed by atoms with Crippen molar-refractivity contribution in [2.24, 2.45) is 5.73 Å². The second-order valence-corrected chi connectivity index (χ2v) is 3.89. The van der Waals surface area contributed by atoms with Gasteiger partial charge in [-0.05, 0) is 18.6 Å². The highest BCUT2D eigenvalue weighted by Crippen LogP contribution is 2.21. The van der Waals surface area contributed by atoms with Gasteiger partial charge in [0.15, 0.2) is 6.10 Å². The Kier molecular flexibility index (Phi) is 3.76. The van der Waals surface area contributed by atoms with E-state index in [2.05, 4.69) is 10.1 Å². The number of carbonyl (C=O) groups excluding carboxylic acids is 1. The van der Waals surface area contributed by atoms with Crippen LogP contribution in [0.3, 0.4) is 0 Å². The largest absolute Gasteiger partial charge is 0.437 e. The molecular weight excluding hydrogens is 250 g/mol. The van der Waals surface area contributed by atoms with Crippen molar-refractivity contribution in [3.8, 4) is 11.4 Å². The summed E-state index contributed by atoms with van der Waals surface area (Å²) in [5.41, 5.74) is 6.35. The lowest BCUT2D eigenvalue weighted by atomic mass is 10.1. The molecule has 1 heterocycles. The molecule has 19 heavy (non-hydrogen) atoms. The molecule has 1 aromatic heterocycles. The molecule has 0 saturated carbocycles. The molecule has 0 aliphatic heterocycles. The summed E-state index contributed by atoms with van der Waals surface area (Å²) in [7, 11) is 0. The number of aliphatic hydroxyl groups is 1.